The van der Waals surface area contributed by atoms with Crippen molar-refractivity contribution in [1.82, 2.24) is 4.90 Å². The first-order valence-corrected chi connectivity index (χ1v) is 9.70. The molecule has 0 aliphatic carbocycles. The standard InChI is InChI=1S/C20H18ClFN2OS/c1-13-2-4-15(21)11-17(13)23-6-8-24(9-7-23)20(25)19-10-14-3-5-16(22)12-18(14)26-19/h2-5,10-12H,6-9H2,1H3. The van der Waals surface area contributed by atoms with E-state index in [0.717, 1.165) is 33.9 Å². The summed E-state index contributed by atoms with van der Waals surface area (Å²) in [6.45, 7) is 4.93. The van der Waals surface area contributed by atoms with E-state index in [2.05, 4.69) is 11.8 Å². The summed E-state index contributed by atoms with van der Waals surface area (Å²) in [4.78, 5) is 17.6. The van der Waals surface area contributed by atoms with Crippen molar-refractivity contribution >= 4 is 44.6 Å². The molecule has 2 aromatic carbocycles. The van der Waals surface area contributed by atoms with Gasteiger partial charge >= 0.3 is 0 Å². The van der Waals surface area contributed by atoms with Gasteiger partial charge in [-0.05, 0) is 48.2 Å². The number of hydrogen-bond donors (Lipinski definition) is 0. The van der Waals surface area contributed by atoms with Gasteiger partial charge in [-0.3, -0.25) is 4.79 Å². The topological polar surface area (TPSA) is 23.6 Å². The van der Waals surface area contributed by atoms with Gasteiger partial charge in [0, 0.05) is 41.6 Å². The Bertz CT molecular complexity index is 979. The van der Waals surface area contributed by atoms with E-state index in [1.54, 1.807) is 6.07 Å². The van der Waals surface area contributed by atoms with Crippen molar-refractivity contribution in [3.63, 3.8) is 0 Å². The summed E-state index contributed by atoms with van der Waals surface area (Å²) < 4.78 is 14.2. The maximum absolute atomic E-state index is 13.4. The number of aryl methyl sites for hydroxylation is 1. The Morgan fingerprint density at radius 3 is 2.62 bits per heavy atom. The zero-order valence-electron chi connectivity index (χ0n) is 14.3. The highest BCUT2D eigenvalue weighted by atomic mass is 35.5. The molecule has 134 valence electrons. The fraction of sp³-hybridized carbons (Fsp3) is 0.250. The number of thiophene rings is 1. The number of carbonyl (C=O) groups excluding carboxylic acids is 1. The number of halogens is 2. The summed E-state index contributed by atoms with van der Waals surface area (Å²) in [6, 6.07) is 12.4. The minimum absolute atomic E-state index is 0.0223. The highest BCUT2D eigenvalue weighted by Crippen LogP contribution is 2.29. The molecule has 0 unspecified atom stereocenters. The highest BCUT2D eigenvalue weighted by molar-refractivity contribution is 7.20. The third kappa shape index (κ3) is 3.29. The van der Waals surface area contributed by atoms with Crippen LogP contribution >= 0.6 is 22.9 Å². The minimum atomic E-state index is -0.274. The molecule has 0 saturated carbocycles. The van der Waals surface area contributed by atoms with Crippen LogP contribution in [0.3, 0.4) is 0 Å². The van der Waals surface area contributed by atoms with Crippen molar-refractivity contribution in [2.24, 2.45) is 0 Å². The molecule has 0 N–H and O–H groups in total. The summed E-state index contributed by atoms with van der Waals surface area (Å²) in [5.74, 6) is -0.252. The molecule has 0 atom stereocenters. The number of piperazine rings is 1. The second-order valence-corrected chi connectivity index (χ2v) is 8.02. The second-order valence-electron chi connectivity index (χ2n) is 6.50. The van der Waals surface area contributed by atoms with Crippen molar-refractivity contribution in [2.75, 3.05) is 31.1 Å². The molecule has 2 heterocycles. The lowest BCUT2D eigenvalue weighted by Crippen LogP contribution is -2.48. The molecule has 1 aromatic heterocycles. The van der Waals surface area contributed by atoms with Crippen LogP contribution in [0.1, 0.15) is 15.2 Å². The van der Waals surface area contributed by atoms with E-state index in [9.17, 15) is 9.18 Å². The molecular weight excluding hydrogens is 371 g/mol. The highest BCUT2D eigenvalue weighted by Gasteiger charge is 2.24. The van der Waals surface area contributed by atoms with E-state index in [1.807, 2.05) is 29.2 Å². The number of fused-ring (bicyclic) bond motifs is 1. The second kappa shape index (κ2) is 6.89. The smallest absolute Gasteiger partial charge is 0.264 e. The maximum Gasteiger partial charge on any atom is 0.264 e. The van der Waals surface area contributed by atoms with Crippen LogP contribution in [0.2, 0.25) is 5.02 Å². The Morgan fingerprint density at radius 1 is 1.08 bits per heavy atom. The van der Waals surface area contributed by atoms with E-state index in [0.29, 0.717) is 18.0 Å². The largest absolute Gasteiger partial charge is 0.368 e. The van der Waals surface area contributed by atoms with Gasteiger partial charge in [0.05, 0.1) is 4.88 Å². The lowest BCUT2D eigenvalue weighted by molar-refractivity contribution is 0.0751. The van der Waals surface area contributed by atoms with Gasteiger partial charge in [0.15, 0.2) is 0 Å². The molecule has 1 fully saturated rings. The van der Waals surface area contributed by atoms with Crippen molar-refractivity contribution in [3.8, 4) is 0 Å². The average molecular weight is 389 g/mol. The molecule has 26 heavy (non-hydrogen) atoms. The third-order valence-electron chi connectivity index (χ3n) is 4.77. The lowest BCUT2D eigenvalue weighted by Gasteiger charge is -2.36. The summed E-state index contributed by atoms with van der Waals surface area (Å²) >= 11 is 7.48. The van der Waals surface area contributed by atoms with Gasteiger partial charge in [0.25, 0.3) is 5.91 Å². The Morgan fingerprint density at radius 2 is 1.85 bits per heavy atom. The number of amides is 1. The van der Waals surface area contributed by atoms with Gasteiger partial charge in [-0.25, -0.2) is 4.39 Å². The maximum atomic E-state index is 13.4. The van der Waals surface area contributed by atoms with Gasteiger partial charge in [0.1, 0.15) is 5.82 Å². The quantitative estimate of drug-likeness (QED) is 0.619. The molecule has 0 radical (unpaired) electrons. The average Bonchev–Trinajstić information content (AvgIpc) is 3.06. The number of rotatable bonds is 2. The Hall–Kier alpha value is -2.11. The van der Waals surface area contributed by atoms with Crippen molar-refractivity contribution in [1.29, 1.82) is 0 Å². The number of carbonyl (C=O) groups is 1. The first-order chi connectivity index (χ1) is 12.5. The third-order valence-corrected chi connectivity index (χ3v) is 6.09. The number of benzene rings is 2. The van der Waals surface area contributed by atoms with Crippen molar-refractivity contribution < 1.29 is 9.18 Å². The summed E-state index contributed by atoms with van der Waals surface area (Å²) in [5.41, 5.74) is 2.31. The summed E-state index contributed by atoms with van der Waals surface area (Å²) in [6.07, 6.45) is 0. The molecule has 1 aliphatic heterocycles. The Labute approximate surface area is 160 Å². The van der Waals surface area contributed by atoms with Crippen LogP contribution in [-0.2, 0) is 0 Å². The van der Waals surface area contributed by atoms with Crippen LogP contribution in [0.4, 0.5) is 10.1 Å². The number of anilines is 1. The minimum Gasteiger partial charge on any atom is -0.368 e. The molecule has 3 nitrogen and oxygen atoms in total. The van der Waals surface area contributed by atoms with Crippen LogP contribution in [0.15, 0.2) is 42.5 Å². The van der Waals surface area contributed by atoms with E-state index in [1.165, 1.54) is 29.0 Å². The first kappa shape index (κ1) is 17.3. The number of nitrogens with zero attached hydrogens (tertiary/aromatic N) is 2. The number of hydrogen-bond acceptors (Lipinski definition) is 3. The van der Waals surface area contributed by atoms with E-state index >= 15 is 0 Å². The zero-order valence-corrected chi connectivity index (χ0v) is 15.9. The monoisotopic (exact) mass is 388 g/mol. The summed E-state index contributed by atoms with van der Waals surface area (Å²) in [5, 5.41) is 1.63. The van der Waals surface area contributed by atoms with Gasteiger partial charge in [-0.1, -0.05) is 23.7 Å². The molecule has 0 spiro atoms. The van der Waals surface area contributed by atoms with Crippen LogP contribution in [-0.4, -0.2) is 37.0 Å². The van der Waals surface area contributed by atoms with E-state index < -0.39 is 0 Å². The van der Waals surface area contributed by atoms with Gasteiger partial charge < -0.3 is 9.80 Å². The molecule has 6 heteroatoms. The van der Waals surface area contributed by atoms with Crippen LogP contribution in [0.5, 0.6) is 0 Å². The van der Waals surface area contributed by atoms with E-state index in [4.69, 9.17) is 11.6 Å². The van der Waals surface area contributed by atoms with Gasteiger partial charge in [-0.15, -0.1) is 11.3 Å². The van der Waals surface area contributed by atoms with Crippen LogP contribution in [0, 0.1) is 12.7 Å². The zero-order chi connectivity index (χ0) is 18.3. The van der Waals surface area contributed by atoms with Gasteiger partial charge in [-0.2, -0.15) is 0 Å². The van der Waals surface area contributed by atoms with Gasteiger partial charge in [0.2, 0.25) is 0 Å². The molecule has 4 rings (SSSR count). The molecule has 1 saturated heterocycles. The molecular formula is C20H18ClFN2OS. The van der Waals surface area contributed by atoms with Crippen LogP contribution < -0.4 is 4.90 Å². The van der Waals surface area contributed by atoms with E-state index in [-0.39, 0.29) is 11.7 Å². The Balaban J connectivity index is 1.48. The summed E-state index contributed by atoms with van der Waals surface area (Å²) in [7, 11) is 0. The normalized spacial score (nSPS) is 14.9. The molecule has 1 amide bonds. The predicted octanol–water partition coefficient (Wildman–Crippen LogP) is 4.96. The molecule has 1 aliphatic rings. The Kier molecular flexibility index (Phi) is 4.59. The SMILES string of the molecule is Cc1ccc(Cl)cc1N1CCN(C(=O)c2cc3ccc(F)cc3s2)CC1. The molecule has 3 aromatic rings. The first-order valence-electron chi connectivity index (χ1n) is 8.51. The van der Waals surface area contributed by atoms with Crippen molar-refractivity contribution in [2.45, 2.75) is 6.92 Å². The van der Waals surface area contributed by atoms with Crippen LogP contribution in [0.25, 0.3) is 10.1 Å². The fourth-order valence-electron chi connectivity index (χ4n) is 3.34. The predicted molar refractivity (Wildman–Crippen MR) is 106 cm³/mol. The fourth-order valence-corrected chi connectivity index (χ4v) is 4.56. The molecule has 0 bridgehead atoms. The van der Waals surface area contributed by atoms with Crippen molar-refractivity contribution in [3.05, 3.63) is 63.7 Å². The lowest BCUT2D eigenvalue weighted by atomic mass is 10.1.